The Bertz CT molecular complexity index is 2070. The van der Waals surface area contributed by atoms with Crippen LogP contribution in [0.3, 0.4) is 0 Å². The van der Waals surface area contributed by atoms with Gasteiger partial charge in [0.25, 0.3) is 11.1 Å². The first kappa shape index (κ1) is 37.5. The monoisotopic (exact) mass is 918 g/mol. The predicted octanol–water partition coefficient (Wildman–Crippen LogP) is -2.42. The van der Waals surface area contributed by atoms with E-state index in [-0.39, 0.29) is 83.2 Å². The SMILES string of the molecule is Nc1nc2c(nc(Br)n2[C@@H]2OC3CO[P+](O)(O)O[C@H]3C2O)c(=O)n1CCOCCn1c(N)nc2c(nc(Br)n2[C@@H]2OC3CO[P+](O)(O)O[C@H]3[C@@H]2O)c1=O. The minimum atomic E-state index is -4.13. The van der Waals surface area contributed by atoms with Gasteiger partial charge in [0.15, 0.2) is 56.5 Å². The van der Waals surface area contributed by atoms with Gasteiger partial charge >= 0.3 is 16.3 Å². The highest BCUT2D eigenvalue weighted by Crippen LogP contribution is 2.60. The Morgan fingerprint density at radius 1 is 0.717 bits per heavy atom. The normalized spacial score (nSPS) is 30.6. The first-order valence-electron chi connectivity index (χ1n) is 15.5. The molecule has 0 saturated carbocycles. The van der Waals surface area contributed by atoms with Crippen LogP contribution in [0.4, 0.5) is 11.9 Å². The molecule has 8 atom stereocenters. The van der Waals surface area contributed by atoms with Crippen molar-refractivity contribution >= 4 is 82.4 Å². The van der Waals surface area contributed by atoms with E-state index in [1.807, 2.05) is 0 Å². The lowest BCUT2D eigenvalue weighted by Gasteiger charge is -2.24. The van der Waals surface area contributed by atoms with Gasteiger partial charge in [-0.2, -0.15) is 38.6 Å². The molecule has 4 aromatic rings. The fraction of sp³-hybridized carbons (Fsp3) is 0.583. The van der Waals surface area contributed by atoms with Crippen molar-refractivity contribution in [3.05, 3.63) is 30.2 Å². The molecule has 3 unspecified atom stereocenters. The van der Waals surface area contributed by atoms with E-state index < -0.39 is 76.5 Å². The van der Waals surface area contributed by atoms with Crippen LogP contribution in [-0.2, 0) is 45.4 Å². The van der Waals surface area contributed by atoms with Crippen molar-refractivity contribution in [2.45, 2.75) is 62.2 Å². The average molecular weight is 920 g/mol. The summed E-state index contributed by atoms with van der Waals surface area (Å²) < 4.78 is 42.3. The van der Waals surface area contributed by atoms with Crippen LogP contribution in [0.25, 0.3) is 22.3 Å². The quantitative estimate of drug-likeness (QED) is 0.0518. The summed E-state index contributed by atoms with van der Waals surface area (Å²) >= 11 is 6.53. The Morgan fingerprint density at radius 3 is 1.51 bits per heavy atom. The van der Waals surface area contributed by atoms with E-state index >= 15 is 0 Å². The first-order chi connectivity index (χ1) is 25.0. The fourth-order valence-electron chi connectivity index (χ4n) is 6.51. The molecule has 10 N–H and O–H groups in total. The highest BCUT2D eigenvalue weighted by Gasteiger charge is 2.61. The van der Waals surface area contributed by atoms with Crippen molar-refractivity contribution in [3.63, 3.8) is 0 Å². The first-order valence-corrected chi connectivity index (χ1v) is 20.2. The molecule has 29 heteroatoms. The zero-order valence-corrected chi connectivity index (χ0v) is 31.6. The molecule has 25 nitrogen and oxygen atoms in total. The van der Waals surface area contributed by atoms with E-state index in [9.17, 15) is 39.4 Å². The maximum atomic E-state index is 13.4. The number of hydrogen-bond donors (Lipinski definition) is 8. The molecule has 0 radical (unpaired) electrons. The molecule has 0 aliphatic carbocycles. The van der Waals surface area contributed by atoms with Crippen LogP contribution in [0.15, 0.2) is 19.1 Å². The smallest absolute Gasteiger partial charge is 0.385 e. The van der Waals surface area contributed by atoms with E-state index in [2.05, 4.69) is 51.8 Å². The van der Waals surface area contributed by atoms with E-state index in [1.165, 1.54) is 9.13 Å². The number of halogens is 2. The molecule has 4 aliphatic rings. The second-order valence-corrected chi connectivity index (χ2v) is 16.5. The van der Waals surface area contributed by atoms with Gasteiger partial charge in [0.1, 0.15) is 37.6 Å². The largest absolute Gasteiger partial charge is 0.570 e. The van der Waals surface area contributed by atoms with Gasteiger partial charge in [0, 0.05) is 0 Å². The van der Waals surface area contributed by atoms with Crippen molar-refractivity contribution < 1.29 is 62.1 Å². The highest BCUT2D eigenvalue weighted by atomic mass is 79.9. The molecule has 288 valence electrons. The lowest BCUT2D eigenvalue weighted by Crippen LogP contribution is -2.40. The Morgan fingerprint density at radius 2 is 1.11 bits per heavy atom. The molecular weight excluding hydrogens is 890 g/mol. The second kappa shape index (κ2) is 13.7. The Balaban J connectivity index is 0.941. The number of ether oxygens (including phenoxy) is 3. The third-order valence-electron chi connectivity index (χ3n) is 8.95. The molecule has 4 fully saturated rings. The molecular formula is C24H30Br2N10O15P2+2. The van der Waals surface area contributed by atoms with Crippen molar-refractivity contribution in [1.82, 2.24) is 38.2 Å². The van der Waals surface area contributed by atoms with Crippen molar-refractivity contribution in [2.75, 3.05) is 37.9 Å². The topological polar surface area (TPSA) is 343 Å². The summed E-state index contributed by atoms with van der Waals surface area (Å²) in [6.07, 6.45) is -9.19. The van der Waals surface area contributed by atoms with E-state index in [4.69, 9.17) is 43.8 Å². The number of anilines is 2. The highest BCUT2D eigenvalue weighted by molar-refractivity contribution is 9.10. The predicted molar refractivity (Wildman–Crippen MR) is 183 cm³/mol. The van der Waals surface area contributed by atoms with Crippen LogP contribution >= 0.6 is 48.2 Å². The minimum Gasteiger partial charge on any atom is -0.385 e. The van der Waals surface area contributed by atoms with Crippen LogP contribution in [0.5, 0.6) is 0 Å². The van der Waals surface area contributed by atoms with E-state index in [0.29, 0.717) is 0 Å². The number of nitrogens with two attached hydrogens (primary N) is 2. The molecule has 0 spiro atoms. The maximum absolute atomic E-state index is 13.4. The van der Waals surface area contributed by atoms with E-state index in [1.54, 1.807) is 0 Å². The van der Waals surface area contributed by atoms with Gasteiger partial charge < -0.3 is 35.9 Å². The number of rotatable bonds is 8. The lowest BCUT2D eigenvalue weighted by atomic mass is 10.1. The summed E-state index contributed by atoms with van der Waals surface area (Å²) in [5.41, 5.74) is 10.8. The lowest BCUT2D eigenvalue weighted by molar-refractivity contribution is -0.0753. The Labute approximate surface area is 312 Å². The van der Waals surface area contributed by atoms with Gasteiger partial charge in [-0.25, -0.2) is 9.97 Å². The number of hydrogen-bond acceptors (Lipinski definition) is 21. The van der Waals surface area contributed by atoms with Gasteiger partial charge in [-0.15, -0.1) is 9.05 Å². The van der Waals surface area contributed by atoms with Crippen LogP contribution in [0.1, 0.15) is 12.5 Å². The molecule has 0 aromatic carbocycles. The Hall–Kier alpha value is -2.40. The third-order valence-corrected chi connectivity index (χ3v) is 12.1. The van der Waals surface area contributed by atoms with Crippen molar-refractivity contribution in [2.24, 2.45) is 0 Å². The minimum absolute atomic E-state index is 0.0191. The number of aliphatic hydroxyl groups is 2. The van der Waals surface area contributed by atoms with Gasteiger partial charge in [0.2, 0.25) is 11.9 Å². The number of nitrogen functional groups attached to an aromatic ring is 2. The zero-order chi connectivity index (χ0) is 37.7. The number of aliphatic hydroxyl groups excluding tert-OH is 2. The summed E-state index contributed by atoms with van der Waals surface area (Å²) in [6, 6.07) is 0. The summed E-state index contributed by atoms with van der Waals surface area (Å²) in [4.78, 5) is 83.1. The molecule has 8 heterocycles. The standard InChI is InChI=1S/C24H28Br2N10O15P2/c25-21-29-9-15(35(21)19-11(37)13-7(48-19)5-46-52(41,42)50-13)31-23(27)33(17(9)39)1-3-45-4-2-34-18(40)10-16(32-24(34)28)36(22(26)30-10)20-12(38)14-8(49-20)6-47-53(43,44)51-14/h7-8,11-14,19-20,37-38,41-44H,1-6H2,(H2-2,27,28,31,32,39,40)/p+2/t7?,8?,11-,12?,13+,14+,19+,20+/m0/s1. The van der Waals surface area contributed by atoms with Crippen molar-refractivity contribution in [1.29, 1.82) is 0 Å². The summed E-state index contributed by atoms with van der Waals surface area (Å²) in [5, 5.41) is 21.8. The number of aromatic nitrogens is 8. The molecule has 4 aromatic heterocycles. The summed E-state index contributed by atoms with van der Waals surface area (Å²) in [5.74, 6) is -0.417. The summed E-state index contributed by atoms with van der Waals surface area (Å²) in [7, 11) is -8.26. The van der Waals surface area contributed by atoms with Gasteiger partial charge in [-0.3, -0.25) is 27.9 Å². The number of imidazole rings is 2. The molecule has 8 rings (SSSR count). The molecule has 4 saturated heterocycles. The number of nitrogens with zero attached hydrogens (tertiary/aromatic N) is 8. The van der Waals surface area contributed by atoms with Gasteiger partial charge in [-0.05, 0) is 31.9 Å². The van der Waals surface area contributed by atoms with Crippen LogP contribution in [-0.4, -0.2) is 131 Å². The van der Waals surface area contributed by atoms with Gasteiger partial charge in [-0.1, -0.05) is 0 Å². The number of fused-ring (bicyclic) bond motifs is 4. The third kappa shape index (κ3) is 6.49. The molecule has 0 bridgehead atoms. The van der Waals surface area contributed by atoms with Crippen LogP contribution in [0.2, 0.25) is 0 Å². The molecule has 0 amide bonds. The Kier molecular flexibility index (Phi) is 9.67. The second-order valence-electron chi connectivity index (χ2n) is 12.1. The summed E-state index contributed by atoms with van der Waals surface area (Å²) in [6.45, 7) is -0.755. The van der Waals surface area contributed by atoms with Crippen molar-refractivity contribution in [3.8, 4) is 0 Å². The zero-order valence-electron chi connectivity index (χ0n) is 26.6. The van der Waals surface area contributed by atoms with Crippen LogP contribution < -0.4 is 22.6 Å². The maximum Gasteiger partial charge on any atom is 0.570 e. The average Bonchev–Trinajstić information content (AvgIpc) is 3.79. The fourth-order valence-corrected chi connectivity index (χ4v) is 9.56. The molecule has 4 aliphatic heterocycles. The van der Waals surface area contributed by atoms with Crippen LogP contribution in [0, 0.1) is 0 Å². The van der Waals surface area contributed by atoms with Gasteiger partial charge in [0.05, 0.1) is 26.3 Å². The van der Waals surface area contributed by atoms with E-state index in [0.717, 1.165) is 9.13 Å². The molecule has 53 heavy (non-hydrogen) atoms.